The number of rotatable bonds is 6. The van der Waals surface area contributed by atoms with Crippen molar-refractivity contribution in [2.75, 3.05) is 17.2 Å². The van der Waals surface area contributed by atoms with E-state index in [1.807, 2.05) is 54.6 Å². The molecular formula is C18H17N3O3. The van der Waals surface area contributed by atoms with Gasteiger partial charge in [-0.2, -0.15) is 0 Å². The smallest absolute Gasteiger partial charge is 0.244 e. The van der Waals surface area contributed by atoms with E-state index in [9.17, 15) is 4.79 Å². The predicted molar refractivity (Wildman–Crippen MR) is 91.3 cm³/mol. The number of nitrogens with zero attached hydrogens (tertiary/aromatic N) is 1. The Hall–Kier alpha value is -3.28. The Morgan fingerprint density at radius 1 is 1.12 bits per heavy atom. The van der Waals surface area contributed by atoms with Crippen molar-refractivity contribution in [1.29, 1.82) is 0 Å². The van der Waals surface area contributed by atoms with Gasteiger partial charge in [0.05, 0.1) is 12.2 Å². The number of hydrogen-bond acceptors (Lipinski definition) is 5. The molecule has 0 fully saturated rings. The lowest BCUT2D eigenvalue weighted by molar-refractivity contribution is -0.114. The Bertz CT molecular complexity index is 815. The van der Waals surface area contributed by atoms with Crippen molar-refractivity contribution in [1.82, 2.24) is 5.16 Å². The Labute approximate surface area is 139 Å². The molecule has 6 heteroatoms. The predicted octanol–water partition coefficient (Wildman–Crippen LogP) is 3.83. The molecule has 122 valence electrons. The minimum absolute atomic E-state index is 0.0844. The van der Waals surface area contributed by atoms with Crippen molar-refractivity contribution in [2.24, 2.45) is 0 Å². The maximum Gasteiger partial charge on any atom is 0.244 e. The summed E-state index contributed by atoms with van der Waals surface area (Å²) in [5.41, 5.74) is 0.729. The quantitative estimate of drug-likeness (QED) is 0.721. The molecule has 0 aliphatic carbocycles. The van der Waals surface area contributed by atoms with Gasteiger partial charge < -0.3 is 19.9 Å². The Balaban J connectivity index is 1.61. The molecule has 0 bridgehead atoms. The van der Waals surface area contributed by atoms with Crippen molar-refractivity contribution >= 4 is 17.4 Å². The molecule has 0 spiro atoms. The first-order chi connectivity index (χ1) is 11.7. The highest BCUT2D eigenvalue weighted by molar-refractivity contribution is 5.93. The highest BCUT2D eigenvalue weighted by Crippen LogP contribution is 2.28. The zero-order valence-electron chi connectivity index (χ0n) is 13.2. The molecule has 2 N–H and O–H groups in total. The Kier molecular flexibility index (Phi) is 4.76. The van der Waals surface area contributed by atoms with Crippen LogP contribution in [0.5, 0.6) is 11.5 Å². The second-order valence-electron chi connectivity index (χ2n) is 5.14. The second kappa shape index (κ2) is 7.32. The van der Waals surface area contributed by atoms with E-state index >= 15 is 0 Å². The average Bonchev–Trinajstić information content (AvgIpc) is 3.00. The Morgan fingerprint density at radius 3 is 2.62 bits per heavy atom. The number of hydrogen-bond donors (Lipinski definition) is 2. The van der Waals surface area contributed by atoms with Gasteiger partial charge in [0.1, 0.15) is 11.5 Å². The maximum absolute atomic E-state index is 12.0. The molecule has 1 aromatic heterocycles. The number of carbonyl (C=O) groups is 1. The minimum Gasteiger partial charge on any atom is -0.455 e. The number of aryl methyl sites for hydroxylation is 1. The summed E-state index contributed by atoms with van der Waals surface area (Å²) in [6.45, 7) is 1.85. The molecular weight excluding hydrogens is 306 g/mol. The van der Waals surface area contributed by atoms with Gasteiger partial charge >= 0.3 is 0 Å². The molecule has 0 aliphatic heterocycles. The fourth-order valence-electron chi connectivity index (χ4n) is 2.11. The second-order valence-corrected chi connectivity index (χ2v) is 5.14. The molecule has 0 unspecified atom stereocenters. The van der Waals surface area contributed by atoms with E-state index < -0.39 is 0 Å². The third kappa shape index (κ3) is 4.13. The van der Waals surface area contributed by atoms with Gasteiger partial charge in [-0.3, -0.25) is 4.79 Å². The average molecular weight is 323 g/mol. The number of ether oxygens (including phenoxy) is 1. The first-order valence-electron chi connectivity index (χ1n) is 7.50. The van der Waals surface area contributed by atoms with Crippen molar-refractivity contribution in [3.05, 3.63) is 66.4 Å². The number of nitrogens with one attached hydrogen (secondary N) is 2. The van der Waals surface area contributed by atoms with Gasteiger partial charge in [-0.25, -0.2) is 0 Å². The summed E-state index contributed by atoms with van der Waals surface area (Å²) in [6, 6.07) is 18.6. The number of benzene rings is 2. The van der Waals surface area contributed by atoms with E-state index in [4.69, 9.17) is 9.26 Å². The molecule has 3 aromatic rings. The monoisotopic (exact) mass is 323 g/mol. The normalized spacial score (nSPS) is 10.2. The molecule has 0 radical (unpaired) electrons. The fourth-order valence-corrected chi connectivity index (χ4v) is 2.11. The van der Waals surface area contributed by atoms with Gasteiger partial charge in [0.25, 0.3) is 0 Å². The first kappa shape index (κ1) is 15.6. The van der Waals surface area contributed by atoms with E-state index in [1.54, 1.807) is 13.0 Å². The minimum atomic E-state index is -0.224. The molecule has 1 amide bonds. The largest absolute Gasteiger partial charge is 0.455 e. The zero-order valence-corrected chi connectivity index (χ0v) is 13.2. The summed E-state index contributed by atoms with van der Waals surface area (Å²) in [7, 11) is 0. The summed E-state index contributed by atoms with van der Waals surface area (Å²) in [5, 5.41) is 9.44. The number of para-hydroxylation sites is 3. The van der Waals surface area contributed by atoms with Crippen molar-refractivity contribution < 1.29 is 14.1 Å². The molecule has 0 saturated carbocycles. The number of aromatic nitrogens is 1. The SMILES string of the molecule is Cc1cc(NC(=O)CNc2ccccc2Oc2ccccc2)no1. The summed E-state index contributed by atoms with van der Waals surface area (Å²) < 4.78 is 10.8. The summed E-state index contributed by atoms with van der Waals surface area (Å²) in [5.74, 6) is 2.19. The van der Waals surface area contributed by atoms with Crippen LogP contribution in [0, 0.1) is 6.92 Å². The van der Waals surface area contributed by atoms with E-state index in [-0.39, 0.29) is 12.5 Å². The van der Waals surface area contributed by atoms with Crippen LogP contribution in [0.4, 0.5) is 11.5 Å². The van der Waals surface area contributed by atoms with Crippen molar-refractivity contribution in [3.8, 4) is 11.5 Å². The Morgan fingerprint density at radius 2 is 1.88 bits per heavy atom. The standard InChI is InChI=1S/C18H17N3O3/c1-13-11-17(21-24-13)20-18(22)12-19-15-9-5-6-10-16(15)23-14-7-3-2-4-8-14/h2-11,19H,12H2,1H3,(H,20,21,22). The van der Waals surface area contributed by atoms with Crippen LogP contribution in [0.15, 0.2) is 65.2 Å². The molecule has 0 aliphatic rings. The van der Waals surface area contributed by atoms with Gasteiger partial charge in [-0.1, -0.05) is 35.5 Å². The van der Waals surface area contributed by atoms with Crippen LogP contribution < -0.4 is 15.4 Å². The van der Waals surface area contributed by atoms with E-state index in [0.717, 1.165) is 11.4 Å². The maximum atomic E-state index is 12.0. The van der Waals surface area contributed by atoms with Crippen molar-refractivity contribution in [3.63, 3.8) is 0 Å². The molecule has 2 aromatic carbocycles. The summed E-state index contributed by atoms with van der Waals surface area (Å²) in [6.07, 6.45) is 0. The lowest BCUT2D eigenvalue weighted by atomic mass is 10.3. The lowest BCUT2D eigenvalue weighted by Crippen LogP contribution is -2.22. The number of amides is 1. The molecule has 1 heterocycles. The van der Waals surface area contributed by atoms with Crippen LogP contribution in [0.1, 0.15) is 5.76 Å². The summed E-state index contributed by atoms with van der Waals surface area (Å²) >= 11 is 0. The topological polar surface area (TPSA) is 76.4 Å². The zero-order chi connectivity index (χ0) is 16.8. The molecule has 3 rings (SSSR count). The van der Waals surface area contributed by atoms with E-state index in [1.165, 1.54) is 0 Å². The van der Waals surface area contributed by atoms with Crippen molar-refractivity contribution in [2.45, 2.75) is 6.92 Å². The lowest BCUT2D eigenvalue weighted by Gasteiger charge is -2.12. The molecule has 24 heavy (non-hydrogen) atoms. The van der Waals surface area contributed by atoms with Crippen LogP contribution in [0.2, 0.25) is 0 Å². The van der Waals surface area contributed by atoms with Gasteiger partial charge in [0, 0.05) is 6.07 Å². The number of anilines is 2. The fraction of sp³-hybridized carbons (Fsp3) is 0.111. The number of carbonyl (C=O) groups excluding carboxylic acids is 1. The van der Waals surface area contributed by atoms with Gasteiger partial charge in [-0.05, 0) is 31.2 Å². The van der Waals surface area contributed by atoms with Crippen LogP contribution >= 0.6 is 0 Å². The van der Waals surface area contributed by atoms with Crippen LogP contribution in [0.3, 0.4) is 0 Å². The third-order valence-corrected chi connectivity index (χ3v) is 3.19. The van der Waals surface area contributed by atoms with Gasteiger partial charge in [0.15, 0.2) is 11.6 Å². The van der Waals surface area contributed by atoms with Gasteiger partial charge in [0.2, 0.25) is 5.91 Å². The van der Waals surface area contributed by atoms with Crippen LogP contribution in [0.25, 0.3) is 0 Å². The highest BCUT2D eigenvalue weighted by atomic mass is 16.5. The van der Waals surface area contributed by atoms with Crippen LogP contribution in [-0.2, 0) is 4.79 Å². The molecule has 0 saturated heterocycles. The highest BCUT2D eigenvalue weighted by Gasteiger charge is 2.08. The third-order valence-electron chi connectivity index (χ3n) is 3.19. The first-order valence-corrected chi connectivity index (χ1v) is 7.50. The summed E-state index contributed by atoms with van der Waals surface area (Å²) in [4.78, 5) is 12.0. The van der Waals surface area contributed by atoms with E-state index in [2.05, 4.69) is 15.8 Å². The van der Waals surface area contributed by atoms with Gasteiger partial charge in [-0.15, -0.1) is 0 Å². The molecule has 6 nitrogen and oxygen atoms in total. The van der Waals surface area contributed by atoms with E-state index in [0.29, 0.717) is 17.3 Å². The molecule has 0 atom stereocenters. The van der Waals surface area contributed by atoms with Crippen LogP contribution in [-0.4, -0.2) is 17.6 Å².